The Morgan fingerprint density at radius 2 is 1.78 bits per heavy atom. The van der Waals surface area contributed by atoms with E-state index < -0.39 is 0 Å². The molecule has 1 aliphatic rings. The van der Waals surface area contributed by atoms with Crippen LogP contribution in [0.5, 0.6) is 11.5 Å². The van der Waals surface area contributed by atoms with Crippen molar-refractivity contribution >= 4 is 34.5 Å². The van der Waals surface area contributed by atoms with Crippen LogP contribution in [0.15, 0.2) is 41.5 Å². The number of rotatable bonds is 3. The fourth-order valence-electron chi connectivity index (χ4n) is 2.54. The molecule has 0 saturated heterocycles. The average molecular weight is 347 g/mol. The molecule has 0 bridgehead atoms. The maximum atomic E-state index is 6.35. The van der Waals surface area contributed by atoms with Crippen molar-refractivity contribution in [1.29, 1.82) is 0 Å². The molecule has 118 valence electrons. The van der Waals surface area contributed by atoms with Crippen LogP contribution in [0.1, 0.15) is 16.7 Å². The van der Waals surface area contributed by atoms with Crippen LogP contribution in [0.4, 0.5) is 0 Å². The number of benzene rings is 2. The summed E-state index contributed by atoms with van der Waals surface area (Å²) in [7, 11) is 3.22. The zero-order chi connectivity index (χ0) is 16.4. The molecule has 2 aromatic carbocycles. The van der Waals surface area contributed by atoms with Gasteiger partial charge in [0.25, 0.3) is 0 Å². The molecule has 0 amide bonds. The number of nitrogens with one attached hydrogen (secondary N) is 1. The summed E-state index contributed by atoms with van der Waals surface area (Å²) >= 11 is 11.7. The van der Waals surface area contributed by atoms with Gasteiger partial charge >= 0.3 is 0 Å². The number of nitrogens with zero attached hydrogens (tertiary/aromatic N) is 1. The first-order chi connectivity index (χ1) is 11.1. The van der Waals surface area contributed by atoms with E-state index in [1.54, 1.807) is 14.2 Å². The molecule has 0 aromatic heterocycles. The Hall–Kier alpha value is -2.11. The summed E-state index contributed by atoms with van der Waals surface area (Å²) < 4.78 is 10.8. The van der Waals surface area contributed by atoms with Gasteiger partial charge in [0, 0.05) is 17.5 Å². The molecule has 0 atom stereocenters. The maximum absolute atomic E-state index is 6.35. The highest BCUT2D eigenvalue weighted by molar-refractivity contribution is 7.80. The van der Waals surface area contributed by atoms with Crippen molar-refractivity contribution in [3.8, 4) is 11.5 Å². The molecular weight excluding hydrogens is 332 g/mol. The van der Waals surface area contributed by atoms with Crippen LogP contribution in [0.25, 0.3) is 0 Å². The minimum absolute atomic E-state index is 0.572. The number of hydrazone groups is 1. The summed E-state index contributed by atoms with van der Waals surface area (Å²) in [6.07, 6.45) is 0.572. The van der Waals surface area contributed by atoms with Crippen LogP contribution < -0.4 is 14.9 Å². The predicted molar refractivity (Wildman–Crippen MR) is 96.1 cm³/mol. The van der Waals surface area contributed by atoms with Crippen LogP contribution >= 0.6 is 23.8 Å². The van der Waals surface area contributed by atoms with Gasteiger partial charge in [0.15, 0.2) is 11.5 Å². The van der Waals surface area contributed by atoms with Crippen molar-refractivity contribution in [2.24, 2.45) is 5.10 Å². The number of hydrogen-bond donors (Lipinski definition) is 1. The Bertz CT molecular complexity index is 805. The Labute approximate surface area is 145 Å². The Balaban J connectivity index is 2.24. The summed E-state index contributed by atoms with van der Waals surface area (Å²) in [4.78, 5) is 0.639. The Morgan fingerprint density at radius 3 is 2.48 bits per heavy atom. The number of fused-ring (bicyclic) bond motifs is 1. The Kier molecular flexibility index (Phi) is 4.50. The monoisotopic (exact) mass is 346 g/mol. The van der Waals surface area contributed by atoms with E-state index in [-0.39, 0.29) is 0 Å². The molecule has 0 saturated carbocycles. The zero-order valence-electron chi connectivity index (χ0n) is 12.7. The predicted octanol–water partition coefficient (Wildman–Crippen LogP) is 3.58. The summed E-state index contributed by atoms with van der Waals surface area (Å²) in [5.74, 6) is 1.30. The van der Waals surface area contributed by atoms with Crippen LogP contribution in [0, 0.1) is 0 Å². The molecule has 6 heteroatoms. The highest BCUT2D eigenvalue weighted by Gasteiger charge is 2.21. The molecule has 0 radical (unpaired) electrons. The van der Waals surface area contributed by atoms with Crippen molar-refractivity contribution < 1.29 is 9.47 Å². The standard InChI is InChI=1S/C17H15ClN2O2S/c1-21-14-7-10-8-16(23)19-20-17(12(10)9-15(14)22-2)11-5-3-4-6-13(11)18/h3-7,9H,8H2,1-2H3,(H,19,23). The number of thiocarbonyl (C=S) groups is 1. The maximum Gasteiger partial charge on any atom is 0.161 e. The van der Waals surface area contributed by atoms with Crippen LogP contribution in [-0.2, 0) is 6.42 Å². The van der Waals surface area contributed by atoms with E-state index in [2.05, 4.69) is 10.5 Å². The third kappa shape index (κ3) is 3.02. The van der Waals surface area contributed by atoms with Crippen LogP contribution in [0.2, 0.25) is 5.02 Å². The van der Waals surface area contributed by atoms with Gasteiger partial charge in [-0.2, -0.15) is 5.10 Å². The average Bonchev–Trinajstić information content (AvgIpc) is 2.72. The number of ether oxygens (including phenoxy) is 2. The largest absolute Gasteiger partial charge is 0.493 e. The lowest BCUT2D eigenvalue weighted by atomic mass is 9.95. The van der Waals surface area contributed by atoms with Crippen molar-refractivity contribution in [2.45, 2.75) is 6.42 Å². The van der Waals surface area contributed by atoms with Crippen LogP contribution in [-0.4, -0.2) is 24.9 Å². The van der Waals surface area contributed by atoms with Gasteiger partial charge in [0.2, 0.25) is 0 Å². The molecule has 1 aliphatic heterocycles. The summed E-state index contributed by atoms with van der Waals surface area (Å²) in [5.41, 5.74) is 6.41. The van der Waals surface area contributed by atoms with E-state index >= 15 is 0 Å². The van der Waals surface area contributed by atoms with Gasteiger partial charge in [-0.1, -0.05) is 42.0 Å². The molecule has 1 heterocycles. The van der Waals surface area contributed by atoms with Gasteiger partial charge < -0.3 is 9.47 Å². The minimum atomic E-state index is 0.572. The first-order valence-corrected chi connectivity index (χ1v) is 7.79. The first-order valence-electron chi connectivity index (χ1n) is 7.00. The number of hydrogen-bond acceptors (Lipinski definition) is 4. The van der Waals surface area contributed by atoms with Gasteiger partial charge in [0.05, 0.1) is 25.0 Å². The molecule has 0 unspecified atom stereocenters. The third-order valence-corrected chi connectivity index (χ3v) is 4.20. The quantitative estimate of drug-likeness (QED) is 0.863. The van der Waals surface area contributed by atoms with Gasteiger partial charge in [-0.3, -0.25) is 5.43 Å². The number of methoxy groups -OCH3 is 2. The van der Waals surface area contributed by atoms with Crippen molar-refractivity contribution in [3.63, 3.8) is 0 Å². The van der Waals surface area contributed by atoms with E-state index in [0.29, 0.717) is 27.9 Å². The zero-order valence-corrected chi connectivity index (χ0v) is 14.3. The van der Waals surface area contributed by atoms with E-state index in [0.717, 1.165) is 22.4 Å². The topological polar surface area (TPSA) is 42.9 Å². The number of halogens is 1. The molecule has 0 fully saturated rings. The van der Waals surface area contributed by atoms with Crippen molar-refractivity contribution in [1.82, 2.24) is 5.43 Å². The molecular formula is C17H15ClN2O2S. The van der Waals surface area contributed by atoms with Gasteiger partial charge in [-0.15, -0.1) is 0 Å². The van der Waals surface area contributed by atoms with E-state index in [1.807, 2.05) is 36.4 Å². The summed E-state index contributed by atoms with van der Waals surface area (Å²) in [6, 6.07) is 11.4. The summed E-state index contributed by atoms with van der Waals surface area (Å²) in [6.45, 7) is 0. The fraction of sp³-hybridized carbons (Fsp3) is 0.176. The minimum Gasteiger partial charge on any atom is -0.493 e. The molecule has 0 aliphatic carbocycles. The highest BCUT2D eigenvalue weighted by atomic mass is 35.5. The second kappa shape index (κ2) is 6.56. The molecule has 0 spiro atoms. The fourth-order valence-corrected chi connectivity index (χ4v) is 2.96. The lowest BCUT2D eigenvalue weighted by Crippen LogP contribution is -2.16. The summed E-state index contributed by atoms with van der Waals surface area (Å²) in [5, 5.41) is 5.08. The van der Waals surface area contributed by atoms with E-state index in [1.165, 1.54) is 0 Å². The first kappa shape index (κ1) is 15.8. The lowest BCUT2D eigenvalue weighted by molar-refractivity contribution is 0.354. The van der Waals surface area contributed by atoms with E-state index in [9.17, 15) is 0 Å². The van der Waals surface area contributed by atoms with E-state index in [4.69, 9.17) is 33.3 Å². The smallest absolute Gasteiger partial charge is 0.161 e. The van der Waals surface area contributed by atoms with Crippen molar-refractivity contribution in [3.05, 3.63) is 58.1 Å². The van der Waals surface area contributed by atoms with Crippen molar-refractivity contribution in [2.75, 3.05) is 14.2 Å². The Morgan fingerprint density at radius 1 is 1.09 bits per heavy atom. The molecule has 3 rings (SSSR count). The lowest BCUT2D eigenvalue weighted by Gasteiger charge is -2.15. The SMILES string of the molecule is COc1cc2c(cc1OC)C(c1ccccc1Cl)=NNC(=S)C2. The van der Waals surface area contributed by atoms with Gasteiger partial charge in [-0.05, 0) is 23.8 Å². The van der Waals surface area contributed by atoms with Crippen LogP contribution in [0.3, 0.4) is 0 Å². The normalized spacial score (nSPS) is 13.5. The second-order valence-electron chi connectivity index (χ2n) is 5.02. The molecule has 23 heavy (non-hydrogen) atoms. The third-order valence-electron chi connectivity index (χ3n) is 3.64. The molecule has 1 N–H and O–H groups in total. The van der Waals surface area contributed by atoms with Gasteiger partial charge in [0.1, 0.15) is 4.99 Å². The molecule has 2 aromatic rings. The highest BCUT2D eigenvalue weighted by Crippen LogP contribution is 2.33. The molecule has 4 nitrogen and oxygen atoms in total. The van der Waals surface area contributed by atoms with Gasteiger partial charge in [-0.25, -0.2) is 0 Å². The second-order valence-corrected chi connectivity index (χ2v) is 5.92.